The van der Waals surface area contributed by atoms with Crippen LogP contribution in [0.2, 0.25) is 5.02 Å². The average Bonchev–Trinajstić information content (AvgIpc) is 2.79. The van der Waals surface area contributed by atoms with Gasteiger partial charge in [0.2, 0.25) is 5.91 Å². The van der Waals surface area contributed by atoms with Gasteiger partial charge in [0.25, 0.3) is 10.0 Å². The number of nitrogens with zero attached hydrogens (tertiary/aromatic N) is 1. The molecule has 0 unspecified atom stereocenters. The number of amides is 1. The third-order valence-corrected chi connectivity index (χ3v) is 6.70. The van der Waals surface area contributed by atoms with Crippen molar-refractivity contribution in [1.82, 2.24) is 0 Å². The first-order valence-electron chi connectivity index (χ1n) is 9.61. The standard InChI is InChI=1S/C23H23ClN2O5S/c1-16-4-10-19(11-5-16)26(15-23(27)25-18-8-6-17(24)7-9-18)32(28,29)20-12-13-21(30-2)22(14-20)31-3/h4-14H,15H2,1-3H3,(H,25,27). The van der Waals surface area contributed by atoms with Gasteiger partial charge in [0.05, 0.1) is 24.8 Å². The Balaban J connectivity index is 1.97. The van der Waals surface area contributed by atoms with Gasteiger partial charge in [0.1, 0.15) is 6.54 Å². The van der Waals surface area contributed by atoms with E-state index in [-0.39, 0.29) is 10.6 Å². The molecule has 7 nitrogen and oxygen atoms in total. The van der Waals surface area contributed by atoms with Crippen LogP contribution in [0.1, 0.15) is 5.56 Å². The predicted molar refractivity (Wildman–Crippen MR) is 125 cm³/mol. The highest BCUT2D eigenvalue weighted by Gasteiger charge is 2.28. The molecule has 3 rings (SSSR count). The minimum atomic E-state index is -4.10. The topological polar surface area (TPSA) is 84.9 Å². The number of methoxy groups -OCH3 is 2. The van der Waals surface area contributed by atoms with E-state index in [0.717, 1.165) is 9.87 Å². The Bertz CT molecular complexity index is 1200. The number of anilines is 2. The summed E-state index contributed by atoms with van der Waals surface area (Å²) in [4.78, 5) is 12.7. The van der Waals surface area contributed by atoms with E-state index in [4.69, 9.17) is 21.1 Å². The Kier molecular flexibility index (Phi) is 7.27. The molecule has 0 spiro atoms. The van der Waals surface area contributed by atoms with Crippen LogP contribution in [0, 0.1) is 6.92 Å². The highest BCUT2D eigenvalue weighted by molar-refractivity contribution is 7.92. The number of benzene rings is 3. The van der Waals surface area contributed by atoms with Gasteiger partial charge in [-0.05, 0) is 55.5 Å². The Morgan fingerprint density at radius 1 is 0.938 bits per heavy atom. The first kappa shape index (κ1) is 23.4. The molecule has 0 radical (unpaired) electrons. The number of nitrogens with one attached hydrogen (secondary N) is 1. The van der Waals surface area contributed by atoms with Crippen LogP contribution < -0.4 is 19.1 Å². The van der Waals surface area contributed by atoms with Crippen molar-refractivity contribution in [1.29, 1.82) is 0 Å². The fourth-order valence-electron chi connectivity index (χ4n) is 2.99. The van der Waals surface area contributed by atoms with E-state index in [0.29, 0.717) is 22.1 Å². The molecule has 32 heavy (non-hydrogen) atoms. The summed E-state index contributed by atoms with van der Waals surface area (Å²) in [5.74, 6) is 0.161. The molecule has 0 saturated heterocycles. The molecule has 0 atom stereocenters. The Labute approximate surface area is 192 Å². The molecule has 0 aliphatic carbocycles. The van der Waals surface area contributed by atoms with Crippen molar-refractivity contribution in [3.05, 3.63) is 77.3 Å². The number of aryl methyl sites for hydroxylation is 1. The number of sulfonamides is 1. The molecular weight excluding hydrogens is 452 g/mol. The lowest BCUT2D eigenvalue weighted by Crippen LogP contribution is -2.38. The fourth-order valence-corrected chi connectivity index (χ4v) is 4.56. The lowest BCUT2D eigenvalue weighted by atomic mass is 10.2. The lowest BCUT2D eigenvalue weighted by molar-refractivity contribution is -0.114. The van der Waals surface area contributed by atoms with E-state index >= 15 is 0 Å². The zero-order valence-electron chi connectivity index (χ0n) is 17.8. The lowest BCUT2D eigenvalue weighted by Gasteiger charge is -2.24. The summed E-state index contributed by atoms with van der Waals surface area (Å²) in [6.07, 6.45) is 0. The van der Waals surface area contributed by atoms with Crippen LogP contribution in [0.25, 0.3) is 0 Å². The maximum Gasteiger partial charge on any atom is 0.264 e. The Morgan fingerprint density at radius 2 is 1.56 bits per heavy atom. The quantitative estimate of drug-likeness (QED) is 0.519. The average molecular weight is 475 g/mol. The van der Waals surface area contributed by atoms with Gasteiger partial charge in [0.15, 0.2) is 11.5 Å². The molecule has 0 aliphatic rings. The molecule has 0 aliphatic heterocycles. The van der Waals surface area contributed by atoms with Crippen LogP contribution in [0.15, 0.2) is 71.6 Å². The van der Waals surface area contributed by atoms with Crippen molar-refractivity contribution in [2.75, 3.05) is 30.4 Å². The molecule has 3 aromatic rings. The van der Waals surface area contributed by atoms with Gasteiger partial charge >= 0.3 is 0 Å². The van der Waals surface area contributed by atoms with E-state index in [9.17, 15) is 13.2 Å². The molecule has 1 amide bonds. The third kappa shape index (κ3) is 5.33. The normalized spacial score (nSPS) is 11.0. The Hall–Kier alpha value is -3.23. The summed E-state index contributed by atoms with van der Waals surface area (Å²) in [5.41, 5.74) is 1.83. The van der Waals surface area contributed by atoms with Crippen molar-refractivity contribution < 1.29 is 22.7 Å². The SMILES string of the molecule is COc1ccc(S(=O)(=O)N(CC(=O)Nc2ccc(Cl)cc2)c2ccc(C)cc2)cc1OC. The van der Waals surface area contributed by atoms with Gasteiger partial charge in [-0.1, -0.05) is 29.3 Å². The molecule has 3 aromatic carbocycles. The smallest absolute Gasteiger partial charge is 0.264 e. The maximum atomic E-state index is 13.6. The molecule has 0 saturated carbocycles. The second kappa shape index (κ2) is 9.93. The van der Waals surface area contributed by atoms with Crippen LogP contribution >= 0.6 is 11.6 Å². The minimum absolute atomic E-state index is 0.0324. The molecule has 0 aromatic heterocycles. The summed E-state index contributed by atoms with van der Waals surface area (Å²) in [6, 6.07) is 17.7. The molecule has 9 heteroatoms. The summed E-state index contributed by atoms with van der Waals surface area (Å²) in [7, 11) is -1.22. The highest BCUT2D eigenvalue weighted by Crippen LogP contribution is 2.32. The zero-order chi connectivity index (χ0) is 23.3. The summed E-state index contributed by atoms with van der Waals surface area (Å²) in [6.45, 7) is 1.46. The highest BCUT2D eigenvalue weighted by atomic mass is 35.5. The van der Waals surface area contributed by atoms with Gasteiger partial charge in [-0.3, -0.25) is 9.10 Å². The minimum Gasteiger partial charge on any atom is -0.493 e. The second-order valence-corrected chi connectivity index (χ2v) is 9.22. The number of carbonyl (C=O) groups excluding carboxylic acids is 1. The van der Waals surface area contributed by atoms with Crippen LogP contribution in [-0.2, 0) is 14.8 Å². The fraction of sp³-hybridized carbons (Fsp3) is 0.174. The predicted octanol–water partition coefficient (Wildman–Crippen LogP) is 4.50. The van der Waals surface area contributed by atoms with Crippen LogP contribution in [0.5, 0.6) is 11.5 Å². The number of ether oxygens (including phenoxy) is 2. The van der Waals surface area contributed by atoms with E-state index in [1.165, 1.54) is 32.4 Å². The van der Waals surface area contributed by atoms with Crippen molar-refractivity contribution in [2.24, 2.45) is 0 Å². The van der Waals surface area contributed by atoms with Crippen molar-refractivity contribution >= 4 is 38.9 Å². The van der Waals surface area contributed by atoms with Crippen LogP contribution in [0.4, 0.5) is 11.4 Å². The summed E-state index contributed by atoms with van der Waals surface area (Å²) >= 11 is 5.88. The monoisotopic (exact) mass is 474 g/mol. The number of rotatable bonds is 8. The van der Waals surface area contributed by atoms with E-state index in [1.54, 1.807) is 48.5 Å². The molecule has 0 bridgehead atoms. The van der Waals surface area contributed by atoms with Crippen molar-refractivity contribution in [2.45, 2.75) is 11.8 Å². The van der Waals surface area contributed by atoms with Gasteiger partial charge in [-0.25, -0.2) is 8.42 Å². The van der Waals surface area contributed by atoms with Gasteiger partial charge in [-0.2, -0.15) is 0 Å². The maximum absolute atomic E-state index is 13.6. The Morgan fingerprint density at radius 3 is 2.16 bits per heavy atom. The van der Waals surface area contributed by atoms with Gasteiger partial charge in [-0.15, -0.1) is 0 Å². The number of hydrogen-bond donors (Lipinski definition) is 1. The summed E-state index contributed by atoms with van der Waals surface area (Å²) in [5, 5.41) is 3.22. The van der Waals surface area contributed by atoms with Crippen molar-refractivity contribution in [3.8, 4) is 11.5 Å². The van der Waals surface area contributed by atoms with E-state index in [2.05, 4.69) is 5.32 Å². The molecule has 0 heterocycles. The number of carbonyl (C=O) groups is 1. The largest absolute Gasteiger partial charge is 0.493 e. The van der Waals surface area contributed by atoms with Crippen LogP contribution in [0.3, 0.4) is 0 Å². The van der Waals surface area contributed by atoms with Gasteiger partial charge in [0, 0.05) is 16.8 Å². The molecule has 1 N–H and O–H groups in total. The number of hydrogen-bond acceptors (Lipinski definition) is 5. The van der Waals surface area contributed by atoms with Gasteiger partial charge < -0.3 is 14.8 Å². The number of halogens is 1. The zero-order valence-corrected chi connectivity index (χ0v) is 19.4. The first-order valence-corrected chi connectivity index (χ1v) is 11.4. The third-order valence-electron chi connectivity index (χ3n) is 4.68. The molecular formula is C23H23ClN2O5S. The first-order chi connectivity index (χ1) is 15.2. The van der Waals surface area contributed by atoms with Crippen molar-refractivity contribution in [3.63, 3.8) is 0 Å². The van der Waals surface area contributed by atoms with E-state index < -0.39 is 22.5 Å². The molecule has 0 fully saturated rings. The van der Waals surface area contributed by atoms with Crippen LogP contribution in [-0.4, -0.2) is 35.1 Å². The summed E-state index contributed by atoms with van der Waals surface area (Å²) < 4.78 is 38.6. The molecule has 168 valence electrons. The van der Waals surface area contributed by atoms with E-state index in [1.807, 2.05) is 6.92 Å². The second-order valence-electron chi connectivity index (χ2n) is 6.92.